The monoisotopic (exact) mass is 246 g/mol. The van der Waals surface area contributed by atoms with E-state index in [1.54, 1.807) is 19.2 Å². The molecule has 0 spiro atoms. The zero-order valence-electron chi connectivity index (χ0n) is 6.49. The first-order valence-electron chi connectivity index (χ1n) is 3.36. The van der Waals surface area contributed by atoms with E-state index in [9.17, 15) is 0 Å². The minimum absolute atomic E-state index is 0.359. The van der Waals surface area contributed by atoms with E-state index in [1.165, 1.54) is 0 Å². The summed E-state index contributed by atoms with van der Waals surface area (Å²) in [6.45, 7) is 0. The third-order valence-electron chi connectivity index (χ3n) is 1.40. The van der Waals surface area contributed by atoms with Crippen molar-refractivity contribution in [1.82, 2.24) is 5.32 Å². The highest BCUT2D eigenvalue weighted by atomic mass is 79.9. The van der Waals surface area contributed by atoms with Crippen LogP contribution in [0.25, 0.3) is 0 Å². The van der Waals surface area contributed by atoms with Gasteiger partial charge in [-0.1, -0.05) is 27.5 Å². The molecule has 64 valence electrons. The van der Waals surface area contributed by atoms with E-state index >= 15 is 0 Å². The Hall–Kier alpha value is -0.540. The Balaban J connectivity index is 3.08. The molecule has 0 aliphatic heterocycles. The SMILES string of the molecule is CNC(=N)c1cc(Cl)cc(Br)c1. The molecule has 0 saturated carbocycles. The van der Waals surface area contributed by atoms with Gasteiger partial charge in [-0.15, -0.1) is 0 Å². The second-order valence-electron chi connectivity index (χ2n) is 2.28. The van der Waals surface area contributed by atoms with Gasteiger partial charge >= 0.3 is 0 Å². The number of amidine groups is 1. The van der Waals surface area contributed by atoms with Crippen LogP contribution in [0.15, 0.2) is 22.7 Å². The maximum Gasteiger partial charge on any atom is 0.125 e. The molecule has 4 heteroatoms. The number of hydrogen-bond donors (Lipinski definition) is 2. The Bertz CT molecular complexity index is 292. The summed E-state index contributed by atoms with van der Waals surface area (Å²) >= 11 is 9.10. The number of halogens is 2. The van der Waals surface area contributed by atoms with Crippen molar-refractivity contribution in [2.75, 3.05) is 7.05 Å². The Morgan fingerprint density at radius 3 is 2.67 bits per heavy atom. The molecular formula is C8H8BrClN2. The summed E-state index contributed by atoms with van der Waals surface area (Å²) in [5.41, 5.74) is 0.775. The van der Waals surface area contributed by atoms with Crippen LogP contribution in [0.1, 0.15) is 5.56 Å². The third-order valence-corrected chi connectivity index (χ3v) is 2.08. The predicted molar refractivity (Wildman–Crippen MR) is 55.0 cm³/mol. The Labute approximate surface area is 84.6 Å². The molecular weight excluding hydrogens is 239 g/mol. The lowest BCUT2D eigenvalue weighted by Crippen LogP contribution is -2.17. The van der Waals surface area contributed by atoms with E-state index in [4.69, 9.17) is 17.0 Å². The van der Waals surface area contributed by atoms with Gasteiger partial charge in [0.05, 0.1) is 0 Å². The van der Waals surface area contributed by atoms with Crippen LogP contribution in [0, 0.1) is 5.41 Å². The van der Waals surface area contributed by atoms with Gasteiger partial charge in [0.25, 0.3) is 0 Å². The Kier molecular flexibility index (Phi) is 3.12. The molecule has 0 radical (unpaired) electrons. The normalized spacial score (nSPS) is 9.58. The van der Waals surface area contributed by atoms with Crippen LogP contribution in [0.2, 0.25) is 5.02 Å². The number of benzene rings is 1. The average Bonchev–Trinajstić information content (AvgIpc) is 2.01. The van der Waals surface area contributed by atoms with Crippen molar-refractivity contribution in [3.05, 3.63) is 33.3 Å². The molecule has 0 aliphatic carbocycles. The van der Waals surface area contributed by atoms with Gasteiger partial charge in [0, 0.05) is 22.1 Å². The van der Waals surface area contributed by atoms with Gasteiger partial charge in [-0.25, -0.2) is 0 Å². The number of nitrogens with one attached hydrogen (secondary N) is 2. The summed E-state index contributed by atoms with van der Waals surface area (Å²) in [5.74, 6) is 0.359. The van der Waals surface area contributed by atoms with Gasteiger partial charge in [-0.2, -0.15) is 0 Å². The summed E-state index contributed by atoms with van der Waals surface area (Å²) in [5, 5.41) is 10.8. The van der Waals surface area contributed by atoms with Crippen molar-refractivity contribution >= 4 is 33.4 Å². The lowest BCUT2D eigenvalue weighted by atomic mass is 10.2. The average molecular weight is 248 g/mol. The fourth-order valence-corrected chi connectivity index (χ4v) is 1.70. The lowest BCUT2D eigenvalue weighted by molar-refractivity contribution is 1.14. The number of rotatable bonds is 1. The van der Waals surface area contributed by atoms with E-state index in [0.717, 1.165) is 10.0 Å². The molecule has 0 fully saturated rings. The third kappa shape index (κ3) is 2.22. The van der Waals surface area contributed by atoms with Crippen molar-refractivity contribution in [3.63, 3.8) is 0 Å². The highest BCUT2D eigenvalue weighted by Gasteiger charge is 2.01. The Morgan fingerprint density at radius 2 is 2.17 bits per heavy atom. The smallest absolute Gasteiger partial charge is 0.125 e. The molecule has 0 saturated heterocycles. The molecule has 1 rings (SSSR count). The lowest BCUT2D eigenvalue weighted by Gasteiger charge is -2.03. The summed E-state index contributed by atoms with van der Waals surface area (Å²) < 4.78 is 0.880. The summed E-state index contributed by atoms with van der Waals surface area (Å²) in [7, 11) is 1.71. The molecule has 12 heavy (non-hydrogen) atoms. The van der Waals surface area contributed by atoms with Crippen LogP contribution in [-0.2, 0) is 0 Å². The second kappa shape index (κ2) is 3.92. The molecule has 1 aromatic carbocycles. The molecule has 0 bridgehead atoms. The first-order chi connectivity index (χ1) is 5.63. The maximum absolute atomic E-state index is 7.48. The zero-order chi connectivity index (χ0) is 9.14. The molecule has 2 nitrogen and oxygen atoms in total. The molecule has 0 aliphatic rings. The minimum Gasteiger partial charge on any atom is -0.373 e. The van der Waals surface area contributed by atoms with Crippen LogP contribution < -0.4 is 5.32 Å². The summed E-state index contributed by atoms with van der Waals surface area (Å²) in [6.07, 6.45) is 0. The van der Waals surface area contributed by atoms with Gasteiger partial charge in [-0.3, -0.25) is 5.41 Å². The molecule has 0 atom stereocenters. The van der Waals surface area contributed by atoms with E-state index in [2.05, 4.69) is 21.2 Å². The van der Waals surface area contributed by atoms with Crippen molar-refractivity contribution in [2.24, 2.45) is 0 Å². The van der Waals surface area contributed by atoms with Gasteiger partial charge < -0.3 is 5.32 Å². The Morgan fingerprint density at radius 1 is 1.50 bits per heavy atom. The predicted octanol–water partition coefficient (Wildman–Crippen LogP) is 2.65. The first kappa shape index (κ1) is 9.55. The molecule has 1 aromatic rings. The minimum atomic E-state index is 0.359. The first-order valence-corrected chi connectivity index (χ1v) is 4.53. The zero-order valence-corrected chi connectivity index (χ0v) is 8.83. The standard InChI is InChI=1S/C8H8BrClN2/c1-12-8(11)5-2-6(9)4-7(10)3-5/h2-4H,1H3,(H2,11,12). The highest BCUT2D eigenvalue weighted by molar-refractivity contribution is 9.10. The van der Waals surface area contributed by atoms with Gasteiger partial charge in [-0.05, 0) is 18.2 Å². The van der Waals surface area contributed by atoms with Gasteiger partial charge in [0.15, 0.2) is 0 Å². The molecule has 0 unspecified atom stereocenters. The van der Waals surface area contributed by atoms with Crippen LogP contribution in [-0.4, -0.2) is 12.9 Å². The van der Waals surface area contributed by atoms with Gasteiger partial charge in [0.1, 0.15) is 5.84 Å². The van der Waals surface area contributed by atoms with Crippen molar-refractivity contribution in [3.8, 4) is 0 Å². The van der Waals surface area contributed by atoms with Crippen molar-refractivity contribution < 1.29 is 0 Å². The van der Waals surface area contributed by atoms with Crippen LogP contribution in [0.3, 0.4) is 0 Å². The van der Waals surface area contributed by atoms with E-state index in [0.29, 0.717) is 10.9 Å². The molecule has 0 heterocycles. The van der Waals surface area contributed by atoms with Crippen LogP contribution in [0.5, 0.6) is 0 Å². The fourth-order valence-electron chi connectivity index (χ4n) is 0.843. The summed E-state index contributed by atoms with van der Waals surface area (Å²) in [4.78, 5) is 0. The second-order valence-corrected chi connectivity index (χ2v) is 3.64. The van der Waals surface area contributed by atoms with Crippen LogP contribution >= 0.6 is 27.5 Å². The quantitative estimate of drug-likeness (QED) is 0.581. The summed E-state index contributed by atoms with van der Waals surface area (Å²) in [6, 6.07) is 5.36. The largest absolute Gasteiger partial charge is 0.373 e. The maximum atomic E-state index is 7.48. The molecule has 2 N–H and O–H groups in total. The van der Waals surface area contributed by atoms with E-state index in [-0.39, 0.29) is 0 Å². The molecule has 0 amide bonds. The fraction of sp³-hybridized carbons (Fsp3) is 0.125. The van der Waals surface area contributed by atoms with Crippen molar-refractivity contribution in [1.29, 1.82) is 5.41 Å². The van der Waals surface area contributed by atoms with Gasteiger partial charge in [0.2, 0.25) is 0 Å². The number of hydrogen-bond acceptors (Lipinski definition) is 1. The van der Waals surface area contributed by atoms with Crippen LogP contribution in [0.4, 0.5) is 0 Å². The topological polar surface area (TPSA) is 35.9 Å². The molecule has 0 aromatic heterocycles. The highest BCUT2D eigenvalue weighted by Crippen LogP contribution is 2.19. The van der Waals surface area contributed by atoms with Crippen molar-refractivity contribution in [2.45, 2.75) is 0 Å². The van der Waals surface area contributed by atoms with E-state index in [1.807, 2.05) is 6.07 Å². The van der Waals surface area contributed by atoms with E-state index < -0.39 is 0 Å².